The molecule has 11 nitrogen and oxygen atoms in total. The molecule has 12 heteroatoms. The molecule has 2 aromatic heterocycles. The van der Waals surface area contributed by atoms with Crippen molar-refractivity contribution in [3.63, 3.8) is 0 Å². The summed E-state index contributed by atoms with van der Waals surface area (Å²) < 4.78 is 40.2. The summed E-state index contributed by atoms with van der Waals surface area (Å²) in [4.78, 5) is 32.1. The summed E-state index contributed by atoms with van der Waals surface area (Å²) in [6, 6.07) is 22.8. The van der Waals surface area contributed by atoms with Crippen LogP contribution in [0.4, 0.5) is 9.18 Å². The number of methoxy groups -OCH3 is 2. The van der Waals surface area contributed by atoms with Crippen molar-refractivity contribution in [2.45, 2.75) is 52.4 Å². The second kappa shape index (κ2) is 18.1. The number of aryl methyl sites for hydroxylation is 1. The molecule has 52 heavy (non-hydrogen) atoms. The van der Waals surface area contributed by atoms with Crippen LogP contribution in [0.2, 0.25) is 0 Å². The maximum atomic E-state index is 13.2. The molecule has 0 spiro atoms. The monoisotopic (exact) mass is 708 g/mol. The van der Waals surface area contributed by atoms with Gasteiger partial charge in [-0.2, -0.15) is 5.26 Å². The molecule has 0 radical (unpaired) electrons. The van der Waals surface area contributed by atoms with Crippen LogP contribution in [0.25, 0.3) is 10.9 Å². The Balaban J connectivity index is 0.000000238. The van der Waals surface area contributed by atoms with Gasteiger partial charge in [0.25, 0.3) is 0 Å². The molecule has 1 amide bonds. The molecule has 5 aromatic rings. The smallest absolute Gasteiger partial charge is 0.408 e. The van der Waals surface area contributed by atoms with Gasteiger partial charge < -0.3 is 29.0 Å². The number of benzene rings is 3. The number of carbonyl (C=O) groups excluding carboxylic acids is 2. The number of fused-ring (bicyclic) bond motifs is 1. The Morgan fingerprint density at radius 2 is 1.65 bits per heavy atom. The molecule has 0 bridgehead atoms. The van der Waals surface area contributed by atoms with Gasteiger partial charge in [-0.15, -0.1) is 0 Å². The van der Waals surface area contributed by atoms with Gasteiger partial charge in [-0.05, 0) is 75.1 Å². The van der Waals surface area contributed by atoms with E-state index in [9.17, 15) is 14.0 Å². The standard InChI is InChI=1S/C21H25FN2O5.C19H16N2O2/c1-21(2,3)29-20(26)24-17(9-14-5-7-16(22)8-6-14)13-28-18-10-15(11-23-12-18)19(25)27-4;1-13-15(10-20)11-21-17-9-18(22-2)19(8-16(13)17)23-12-14-6-4-3-5-7-14/h5-8,10-12,17H,9,13H2,1-4H3,(H,24,26);3-9,11H,12H2,1-2H3/t17-;/m0./s1. The van der Waals surface area contributed by atoms with Crippen LogP contribution in [0.3, 0.4) is 0 Å². The number of hydrogen-bond donors (Lipinski definition) is 1. The zero-order valence-corrected chi connectivity index (χ0v) is 29.9. The highest BCUT2D eigenvalue weighted by Gasteiger charge is 2.21. The summed E-state index contributed by atoms with van der Waals surface area (Å²) in [7, 11) is 2.88. The van der Waals surface area contributed by atoms with E-state index < -0.39 is 23.7 Å². The van der Waals surface area contributed by atoms with Crippen molar-refractivity contribution >= 4 is 23.0 Å². The number of nitriles is 1. The Hall–Kier alpha value is -6.22. The summed E-state index contributed by atoms with van der Waals surface area (Å²) >= 11 is 0. The summed E-state index contributed by atoms with van der Waals surface area (Å²) in [5.41, 5.74) is 3.74. The minimum atomic E-state index is -0.649. The molecule has 0 saturated heterocycles. The fraction of sp³-hybridized carbons (Fsp3) is 0.275. The first-order chi connectivity index (χ1) is 24.9. The van der Waals surface area contributed by atoms with E-state index in [1.807, 2.05) is 49.4 Å². The first-order valence-electron chi connectivity index (χ1n) is 16.3. The lowest BCUT2D eigenvalue weighted by Gasteiger charge is -2.24. The number of carbonyl (C=O) groups is 2. The van der Waals surface area contributed by atoms with E-state index in [-0.39, 0.29) is 18.0 Å². The first-order valence-corrected chi connectivity index (χ1v) is 16.3. The average molecular weight is 709 g/mol. The number of esters is 1. The van der Waals surface area contributed by atoms with E-state index in [0.717, 1.165) is 27.6 Å². The minimum Gasteiger partial charge on any atom is -0.493 e. The van der Waals surface area contributed by atoms with Crippen molar-refractivity contribution in [2.75, 3.05) is 20.8 Å². The number of halogens is 1. The van der Waals surface area contributed by atoms with Crippen LogP contribution < -0.4 is 19.5 Å². The Kier molecular flexibility index (Phi) is 13.5. The molecular formula is C40H41FN4O7. The topological polar surface area (TPSA) is 142 Å². The number of nitrogens with zero attached hydrogens (tertiary/aromatic N) is 3. The maximum Gasteiger partial charge on any atom is 0.408 e. The maximum absolute atomic E-state index is 13.2. The largest absolute Gasteiger partial charge is 0.493 e. The Morgan fingerprint density at radius 1 is 0.923 bits per heavy atom. The van der Waals surface area contributed by atoms with Gasteiger partial charge in [0.15, 0.2) is 11.5 Å². The van der Waals surface area contributed by atoms with Crippen LogP contribution in [0.15, 0.2) is 91.4 Å². The van der Waals surface area contributed by atoms with Crippen LogP contribution >= 0.6 is 0 Å². The predicted octanol–water partition coefficient (Wildman–Crippen LogP) is 7.52. The number of amides is 1. The van der Waals surface area contributed by atoms with E-state index in [4.69, 9.17) is 24.2 Å². The van der Waals surface area contributed by atoms with Gasteiger partial charge in [-0.3, -0.25) is 9.97 Å². The molecule has 0 unspecified atom stereocenters. The lowest BCUT2D eigenvalue weighted by Crippen LogP contribution is -2.43. The predicted molar refractivity (Wildman–Crippen MR) is 193 cm³/mol. The fourth-order valence-corrected chi connectivity index (χ4v) is 4.91. The van der Waals surface area contributed by atoms with E-state index >= 15 is 0 Å². The van der Waals surface area contributed by atoms with Crippen molar-refractivity contribution in [2.24, 2.45) is 0 Å². The molecule has 3 aromatic carbocycles. The third-order valence-corrected chi connectivity index (χ3v) is 7.48. The van der Waals surface area contributed by atoms with Crippen LogP contribution in [-0.2, 0) is 22.5 Å². The first kappa shape index (κ1) is 38.6. The van der Waals surface area contributed by atoms with Gasteiger partial charge in [-0.25, -0.2) is 14.0 Å². The summed E-state index contributed by atoms with van der Waals surface area (Å²) in [5, 5.41) is 12.8. The van der Waals surface area contributed by atoms with Crippen LogP contribution in [-0.4, -0.2) is 54.5 Å². The second-order valence-electron chi connectivity index (χ2n) is 12.6. The van der Waals surface area contributed by atoms with Gasteiger partial charge in [0.1, 0.15) is 36.5 Å². The van der Waals surface area contributed by atoms with Crippen molar-refractivity contribution < 1.29 is 37.7 Å². The van der Waals surface area contributed by atoms with Crippen LogP contribution in [0, 0.1) is 24.1 Å². The number of rotatable bonds is 11. The summed E-state index contributed by atoms with van der Waals surface area (Å²) in [6.07, 6.45) is 4.21. The van der Waals surface area contributed by atoms with Gasteiger partial charge in [0.05, 0.1) is 43.1 Å². The molecule has 0 fully saturated rings. The number of hydrogen-bond acceptors (Lipinski definition) is 10. The van der Waals surface area contributed by atoms with Crippen molar-refractivity contribution in [3.05, 3.63) is 125 Å². The molecule has 0 saturated carbocycles. The molecule has 2 heterocycles. The highest BCUT2D eigenvalue weighted by atomic mass is 19.1. The molecule has 5 rings (SSSR count). The highest BCUT2D eigenvalue weighted by molar-refractivity contribution is 5.89. The lowest BCUT2D eigenvalue weighted by molar-refractivity contribution is 0.0487. The third kappa shape index (κ3) is 11.4. The minimum absolute atomic E-state index is 0.0862. The Morgan fingerprint density at radius 3 is 2.31 bits per heavy atom. The molecule has 0 aliphatic rings. The zero-order chi connectivity index (χ0) is 37.7. The van der Waals surface area contributed by atoms with E-state index in [0.29, 0.717) is 35.8 Å². The molecule has 1 N–H and O–H groups in total. The summed E-state index contributed by atoms with van der Waals surface area (Å²) in [5.74, 6) is 0.752. The van der Waals surface area contributed by atoms with Crippen LogP contribution in [0.5, 0.6) is 17.2 Å². The van der Waals surface area contributed by atoms with E-state index in [2.05, 4.69) is 26.1 Å². The van der Waals surface area contributed by atoms with E-state index in [1.54, 1.807) is 46.2 Å². The molecule has 1 atom stereocenters. The third-order valence-electron chi connectivity index (χ3n) is 7.48. The van der Waals surface area contributed by atoms with Crippen LogP contribution in [0.1, 0.15) is 53.4 Å². The molecular weight excluding hydrogens is 667 g/mol. The van der Waals surface area contributed by atoms with Crippen molar-refractivity contribution in [3.8, 4) is 23.3 Å². The fourth-order valence-electron chi connectivity index (χ4n) is 4.91. The lowest BCUT2D eigenvalue weighted by atomic mass is 10.1. The van der Waals surface area contributed by atoms with Crippen molar-refractivity contribution in [1.29, 1.82) is 5.26 Å². The number of ether oxygens (including phenoxy) is 5. The van der Waals surface area contributed by atoms with E-state index in [1.165, 1.54) is 37.7 Å². The molecule has 0 aliphatic carbocycles. The van der Waals surface area contributed by atoms with Gasteiger partial charge in [0, 0.05) is 23.8 Å². The SMILES string of the molecule is COC(=O)c1cncc(OC[C@H](Cc2ccc(F)cc2)NC(=O)OC(C)(C)C)c1.COc1cc2ncc(C#N)c(C)c2cc1OCc1ccccc1. The normalized spacial score (nSPS) is 11.3. The zero-order valence-electron chi connectivity index (χ0n) is 29.9. The summed E-state index contributed by atoms with van der Waals surface area (Å²) in [6.45, 7) is 7.75. The quantitative estimate of drug-likeness (QED) is 0.137. The van der Waals surface area contributed by atoms with Gasteiger partial charge in [-0.1, -0.05) is 42.5 Å². The number of alkyl carbamates (subject to hydrolysis) is 1. The highest BCUT2D eigenvalue weighted by Crippen LogP contribution is 2.34. The van der Waals surface area contributed by atoms with Crippen molar-refractivity contribution in [1.82, 2.24) is 15.3 Å². The second-order valence-corrected chi connectivity index (χ2v) is 12.6. The average Bonchev–Trinajstić information content (AvgIpc) is 3.13. The Bertz CT molecular complexity index is 2010. The van der Waals surface area contributed by atoms with Gasteiger partial charge in [0.2, 0.25) is 0 Å². The number of nitrogens with one attached hydrogen (secondary N) is 1. The molecule has 0 aliphatic heterocycles. The Labute approximate surface area is 302 Å². The number of aromatic nitrogens is 2. The molecule has 270 valence electrons. The van der Waals surface area contributed by atoms with Gasteiger partial charge >= 0.3 is 12.1 Å². The number of pyridine rings is 2.